The van der Waals surface area contributed by atoms with E-state index in [1.807, 2.05) is 18.2 Å². The fraction of sp³-hybridized carbons (Fsp3) is 0.526. The molecule has 6 heteroatoms. The van der Waals surface area contributed by atoms with Gasteiger partial charge < -0.3 is 10.1 Å². The zero-order valence-corrected chi connectivity index (χ0v) is 14.6. The Morgan fingerprint density at radius 2 is 1.84 bits per heavy atom. The highest BCUT2D eigenvalue weighted by Crippen LogP contribution is 2.26. The lowest BCUT2D eigenvalue weighted by Gasteiger charge is -2.27. The molecule has 1 fully saturated rings. The van der Waals surface area contributed by atoms with Crippen molar-refractivity contribution in [3.05, 3.63) is 35.9 Å². The number of benzene rings is 1. The quantitative estimate of drug-likeness (QED) is 0.610. The van der Waals surface area contributed by atoms with Gasteiger partial charge in [0.05, 0.1) is 19.7 Å². The van der Waals surface area contributed by atoms with Gasteiger partial charge in [0.2, 0.25) is 5.91 Å². The van der Waals surface area contributed by atoms with Gasteiger partial charge in [-0.1, -0.05) is 56.0 Å². The van der Waals surface area contributed by atoms with Crippen molar-refractivity contribution in [2.24, 2.45) is 0 Å². The SMILES string of the molecule is COC(=O)[C@@H](NCC(=O)NC1(C#N)CCCCCC1)c1ccccc1. The van der Waals surface area contributed by atoms with Crippen LogP contribution in [-0.4, -0.2) is 31.1 Å². The smallest absolute Gasteiger partial charge is 0.327 e. The molecule has 1 amide bonds. The fourth-order valence-electron chi connectivity index (χ4n) is 3.20. The highest BCUT2D eigenvalue weighted by Gasteiger charge is 2.32. The monoisotopic (exact) mass is 343 g/mol. The summed E-state index contributed by atoms with van der Waals surface area (Å²) in [4.78, 5) is 24.4. The Balaban J connectivity index is 1.98. The summed E-state index contributed by atoms with van der Waals surface area (Å²) in [5.41, 5.74) is -0.0606. The van der Waals surface area contributed by atoms with Crippen LogP contribution in [0.3, 0.4) is 0 Å². The van der Waals surface area contributed by atoms with Crippen LogP contribution in [0.25, 0.3) is 0 Å². The second-order valence-corrected chi connectivity index (χ2v) is 6.40. The minimum atomic E-state index is -0.789. The number of amides is 1. The van der Waals surface area contributed by atoms with E-state index in [1.54, 1.807) is 12.1 Å². The predicted molar refractivity (Wildman–Crippen MR) is 93.4 cm³/mol. The normalized spacial score (nSPS) is 17.6. The summed E-state index contributed by atoms with van der Waals surface area (Å²) >= 11 is 0. The first-order valence-corrected chi connectivity index (χ1v) is 8.69. The lowest BCUT2D eigenvalue weighted by Crippen LogP contribution is -2.50. The van der Waals surface area contributed by atoms with Crippen LogP contribution in [0.4, 0.5) is 0 Å². The molecule has 25 heavy (non-hydrogen) atoms. The molecule has 2 rings (SSSR count). The average Bonchev–Trinajstić information content (AvgIpc) is 2.88. The molecule has 1 aromatic carbocycles. The zero-order valence-electron chi connectivity index (χ0n) is 14.6. The first kappa shape index (κ1) is 18.9. The first-order valence-electron chi connectivity index (χ1n) is 8.69. The maximum atomic E-state index is 12.4. The number of nitrogens with zero attached hydrogens (tertiary/aromatic N) is 1. The van der Waals surface area contributed by atoms with Crippen molar-refractivity contribution in [2.75, 3.05) is 13.7 Å². The van der Waals surface area contributed by atoms with Crippen molar-refractivity contribution >= 4 is 11.9 Å². The van der Waals surface area contributed by atoms with Gasteiger partial charge in [-0.15, -0.1) is 0 Å². The Bertz CT molecular complexity index is 617. The lowest BCUT2D eigenvalue weighted by atomic mass is 9.92. The summed E-state index contributed by atoms with van der Waals surface area (Å²) in [6, 6.07) is 10.7. The molecule has 0 saturated heterocycles. The molecule has 1 saturated carbocycles. The van der Waals surface area contributed by atoms with Crippen LogP contribution >= 0.6 is 0 Å². The molecular formula is C19H25N3O3. The number of nitrogens with one attached hydrogen (secondary N) is 2. The van der Waals surface area contributed by atoms with Crippen LogP contribution in [0.15, 0.2) is 30.3 Å². The van der Waals surface area contributed by atoms with Crippen molar-refractivity contribution in [2.45, 2.75) is 50.1 Å². The molecule has 1 atom stereocenters. The maximum Gasteiger partial charge on any atom is 0.327 e. The molecule has 1 aliphatic carbocycles. The van der Waals surface area contributed by atoms with Gasteiger partial charge >= 0.3 is 5.97 Å². The summed E-state index contributed by atoms with van der Waals surface area (Å²) < 4.78 is 4.82. The number of carbonyl (C=O) groups excluding carboxylic acids is 2. The number of hydrogen-bond donors (Lipinski definition) is 2. The Morgan fingerprint density at radius 3 is 2.40 bits per heavy atom. The topological polar surface area (TPSA) is 91.2 Å². The zero-order chi connectivity index (χ0) is 18.1. The van der Waals surface area contributed by atoms with E-state index in [4.69, 9.17) is 4.74 Å². The summed E-state index contributed by atoms with van der Waals surface area (Å²) in [5, 5.41) is 15.3. The third-order valence-corrected chi connectivity index (χ3v) is 4.59. The lowest BCUT2D eigenvalue weighted by molar-refractivity contribution is -0.143. The van der Waals surface area contributed by atoms with Crippen LogP contribution < -0.4 is 10.6 Å². The van der Waals surface area contributed by atoms with E-state index >= 15 is 0 Å². The molecule has 1 aromatic rings. The van der Waals surface area contributed by atoms with E-state index in [-0.39, 0.29) is 12.5 Å². The van der Waals surface area contributed by atoms with Crippen LogP contribution in [-0.2, 0) is 14.3 Å². The van der Waals surface area contributed by atoms with E-state index in [0.717, 1.165) is 31.2 Å². The molecular weight excluding hydrogens is 318 g/mol. The number of methoxy groups -OCH3 is 1. The van der Waals surface area contributed by atoms with E-state index in [2.05, 4.69) is 16.7 Å². The number of hydrogen-bond acceptors (Lipinski definition) is 5. The van der Waals surface area contributed by atoms with Gasteiger partial charge in [-0.25, -0.2) is 4.79 Å². The van der Waals surface area contributed by atoms with E-state index in [1.165, 1.54) is 7.11 Å². The standard InChI is InChI=1S/C19H25N3O3/c1-25-18(24)17(15-9-5-4-6-10-15)21-13-16(23)22-19(14-20)11-7-2-3-8-12-19/h4-6,9-10,17,21H,2-3,7-8,11-13H2,1H3,(H,22,23)/t17-/m0/s1. The molecule has 134 valence electrons. The summed E-state index contributed by atoms with van der Waals surface area (Å²) in [5.74, 6) is -0.739. The second-order valence-electron chi connectivity index (χ2n) is 6.40. The number of ether oxygens (including phenoxy) is 1. The van der Waals surface area contributed by atoms with Gasteiger partial charge in [0.15, 0.2) is 0 Å². The minimum Gasteiger partial charge on any atom is -0.468 e. The van der Waals surface area contributed by atoms with Crippen molar-refractivity contribution in [3.63, 3.8) is 0 Å². The molecule has 0 unspecified atom stereocenters. The average molecular weight is 343 g/mol. The fourth-order valence-corrected chi connectivity index (χ4v) is 3.20. The highest BCUT2D eigenvalue weighted by molar-refractivity contribution is 5.82. The molecule has 2 N–H and O–H groups in total. The van der Waals surface area contributed by atoms with E-state index in [9.17, 15) is 14.9 Å². The van der Waals surface area contributed by atoms with Crippen molar-refractivity contribution in [1.82, 2.24) is 10.6 Å². The minimum absolute atomic E-state index is 0.0574. The van der Waals surface area contributed by atoms with Crippen molar-refractivity contribution in [3.8, 4) is 6.07 Å². The van der Waals surface area contributed by atoms with Crippen LogP contribution in [0, 0.1) is 11.3 Å². The molecule has 1 aliphatic rings. The van der Waals surface area contributed by atoms with Gasteiger partial charge in [0.25, 0.3) is 0 Å². The summed E-state index contributed by atoms with van der Waals surface area (Å²) in [6.45, 7) is -0.0574. The van der Waals surface area contributed by atoms with Gasteiger partial charge in [-0.2, -0.15) is 5.26 Å². The number of esters is 1. The Labute approximate surface area is 148 Å². The van der Waals surface area contributed by atoms with Crippen molar-refractivity contribution < 1.29 is 14.3 Å². The van der Waals surface area contributed by atoms with Crippen LogP contribution in [0.2, 0.25) is 0 Å². The van der Waals surface area contributed by atoms with E-state index < -0.39 is 17.6 Å². The van der Waals surface area contributed by atoms with Gasteiger partial charge in [-0.05, 0) is 18.4 Å². The molecule has 0 aromatic heterocycles. The summed E-state index contributed by atoms with van der Waals surface area (Å²) in [6.07, 6.45) is 5.42. The molecule has 0 aliphatic heterocycles. The summed E-state index contributed by atoms with van der Waals surface area (Å²) in [7, 11) is 1.32. The third-order valence-electron chi connectivity index (χ3n) is 4.59. The van der Waals surface area contributed by atoms with Crippen LogP contribution in [0.1, 0.15) is 50.1 Å². The van der Waals surface area contributed by atoms with Gasteiger partial charge in [0, 0.05) is 0 Å². The predicted octanol–water partition coefficient (Wildman–Crippen LogP) is 2.22. The first-order chi connectivity index (χ1) is 12.1. The molecule has 0 bridgehead atoms. The highest BCUT2D eigenvalue weighted by atomic mass is 16.5. The number of carbonyl (C=O) groups is 2. The largest absolute Gasteiger partial charge is 0.468 e. The van der Waals surface area contributed by atoms with E-state index in [0.29, 0.717) is 12.8 Å². The third kappa shape index (κ3) is 5.30. The van der Waals surface area contributed by atoms with Crippen molar-refractivity contribution in [1.29, 1.82) is 5.26 Å². The van der Waals surface area contributed by atoms with Gasteiger partial charge in [0.1, 0.15) is 11.6 Å². The Hall–Kier alpha value is -2.39. The number of nitriles is 1. The Kier molecular flexibility index (Phi) is 6.96. The maximum absolute atomic E-state index is 12.4. The molecule has 0 spiro atoms. The number of rotatable bonds is 6. The van der Waals surface area contributed by atoms with Gasteiger partial charge in [-0.3, -0.25) is 10.1 Å². The Morgan fingerprint density at radius 1 is 1.20 bits per heavy atom. The molecule has 6 nitrogen and oxygen atoms in total. The molecule has 0 heterocycles. The molecule has 0 radical (unpaired) electrons. The second kappa shape index (κ2) is 9.19. The van der Waals surface area contributed by atoms with Crippen LogP contribution in [0.5, 0.6) is 0 Å².